The number of carboxylic acid groups (broad SMARTS) is 1. The molecule has 3 rings (SSSR count). The molecule has 0 heterocycles. The largest absolute Gasteiger partial charge is 0.481 e. The fourth-order valence-electron chi connectivity index (χ4n) is 3.85. The van der Waals surface area contributed by atoms with Crippen molar-refractivity contribution in [1.82, 2.24) is 0 Å². The van der Waals surface area contributed by atoms with Crippen molar-refractivity contribution in [3.05, 3.63) is 91.6 Å². The van der Waals surface area contributed by atoms with Crippen LogP contribution in [0.4, 0.5) is 46.5 Å². The van der Waals surface area contributed by atoms with E-state index in [9.17, 15) is 45.1 Å². The minimum absolute atomic E-state index is 0.0572. The maximum atomic E-state index is 15.7. The molecule has 0 aliphatic carbocycles. The number of amides is 2. The molecule has 0 atom stereocenters. The van der Waals surface area contributed by atoms with Gasteiger partial charge < -0.3 is 15.3 Å². The highest BCUT2D eigenvalue weighted by Gasteiger charge is 2.73. The lowest BCUT2D eigenvalue weighted by Gasteiger charge is -2.31. The summed E-state index contributed by atoms with van der Waals surface area (Å²) >= 11 is 5.40. The summed E-state index contributed by atoms with van der Waals surface area (Å²) in [6.45, 7) is -0.557. The van der Waals surface area contributed by atoms with E-state index in [-0.39, 0.29) is 23.3 Å². The first-order valence-corrected chi connectivity index (χ1v) is 13.4. The molecule has 0 aliphatic heterocycles. The highest BCUT2D eigenvalue weighted by atomic mass is 79.9. The predicted molar refractivity (Wildman–Crippen MR) is 146 cm³/mol. The van der Waals surface area contributed by atoms with Gasteiger partial charge >= 0.3 is 24.0 Å². The molecule has 0 saturated carbocycles. The Kier molecular flexibility index (Phi) is 10.1. The van der Waals surface area contributed by atoms with Gasteiger partial charge in [0.05, 0.1) is 35.0 Å². The van der Waals surface area contributed by atoms with Crippen LogP contribution < -0.4 is 10.2 Å². The minimum atomic E-state index is -6.40. The van der Waals surface area contributed by atoms with Gasteiger partial charge in [-0.3, -0.25) is 14.4 Å². The Morgan fingerprint density at radius 3 is 1.93 bits per heavy atom. The third-order valence-corrected chi connectivity index (χ3v) is 7.28. The number of nitrogens with one attached hydrogen (secondary N) is 1. The normalized spacial score (nSPS) is 11.9. The second-order valence-electron chi connectivity index (χ2n) is 8.85. The van der Waals surface area contributed by atoms with Crippen molar-refractivity contribution in [2.45, 2.75) is 24.4 Å². The van der Waals surface area contributed by atoms with Gasteiger partial charge in [-0.1, -0.05) is 6.07 Å². The van der Waals surface area contributed by atoms with E-state index in [0.29, 0.717) is 0 Å². The summed E-state index contributed by atoms with van der Waals surface area (Å²) in [4.78, 5) is 38.2. The molecule has 17 heteroatoms. The Bertz CT molecular complexity index is 1620. The third-order valence-electron chi connectivity index (χ3n) is 6.03. The van der Waals surface area contributed by atoms with Crippen LogP contribution in [0.2, 0.25) is 0 Å². The van der Waals surface area contributed by atoms with Gasteiger partial charge in [0.2, 0.25) is 0 Å². The summed E-state index contributed by atoms with van der Waals surface area (Å²) < 4.78 is 108. The van der Waals surface area contributed by atoms with Crippen LogP contribution in [0, 0.1) is 17.1 Å². The number of nitriles is 1. The number of carboxylic acids is 1. The van der Waals surface area contributed by atoms with Crippen LogP contribution in [0.15, 0.2) is 63.5 Å². The number of hydrogen-bond donors (Lipinski definition) is 2. The highest BCUT2D eigenvalue weighted by molar-refractivity contribution is 9.11. The van der Waals surface area contributed by atoms with Crippen LogP contribution in [0.1, 0.15) is 38.3 Å². The topological polar surface area (TPSA) is 110 Å². The predicted octanol–water partition coefficient (Wildman–Crippen LogP) is 7.89. The van der Waals surface area contributed by atoms with Crippen molar-refractivity contribution >= 4 is 61.0 Å². The zero-order valence-corrected chi connectivity index (χ0v) is 24.6. The summed E-state index contributed by atoms with van der Waals surface area (Å²) in [6.07, 6.45) is -13.4. The van der Waals surface area contributed by atoms with Gasteiger partial charge in [0.1, 0.15) is 0 Å². The van der Waals surface area contributed by atoms with E-state index in [0.717, 1.165) is 23.1 Å². The first-order valence-electron chi connectivity index (χ1n) is 11.8. The Morgan fingerprint density at radius 2 is 1.45 bits per heavy atom. The third kappa shape index (κ3) is 6.86. The van der Waals surface area contributed by atoms with E-state index in [2.05, 4.69) is 37.2 Å². The van der Waals surface area contributed by atoms with E-state index in [4.69, 9.17) is 10.4 Å². The number of anilines is 2. The molecule has 3 aromatic rings. The molecule has 0 fully saturated rings. The fourth-order valence-corrected chi connectivity index (χ4v) is 5.23. The molecular formula is C27H15Br2F8N3O4. The van der Waals surface area contributed by atoms with Crippen molar-refractivity contribution in [2.75, 3.05) is 16.8 Å². The summed E-state index contributed by atoms with van der Waals surface area (Å²) in [5, 5.41) is 20.2. The van der Waals surface area contributed by atoms with E-state index < -0.39 is 86.0 Å². The lowest BCUT2D eigenvalue weighted by Crippen LogP contribution is -2.50. The smallest absolute Gasteiger partial charge is 0.435 e. The molecule has 0 aromatic heterocycles. The number of benzene rings is 3. The number of aliphatic carboxylic acids is 1. The zero-order chi connectivity index (χ0) is 33.2. The number of rotatable bonds is 8. The quantitative estimate of drug-likeness (QED) is 0.227. The summed E-state index contributed by atoms with van der Waals surface area (Å²) in [7, 11) is 0. The van der Waals surface area contributed by atoms with Gasteiger partial charge in [0, 0.05) is 26.6 Å². The van der Waals surface area contributed by atoms with Gasteiger partial charge in [-0.05, 0) is 80.4 Å². The van der Waals surface area contributed by atoms with Crippen molar-refractivity contribution in [1.29, 1.82) is 5.26 Å². The summed E-state index contributed by atoms with van der Waals surface area (Å²) in [5.74, 6) is -4.86. The van der Waals surface area contributed by atoms with Crippen molar-refractivity contribution in [3.8, 4) is 6.07 Å². The van der Waals surface area contributed by atoms with Crippen molar-refractivity contribution < 1.29 is 54.6 Å². The first-order chi connectivity index (χ1) is 20.3. The van der Waals surface area contributed by atoms with Gasteiger partial charge in [-0.15, -0.1) is 0 Å². The SMILES string of the molecule is N#Cc1ccc(C(=O)N(CCC(=O)O)c2cccc(C(=O)Nc3c(Br)cc(C(F)(C(F)(F)F)C(F)(F)F)cc3Br)c2F)cc1. The van der Waals surface area contributed by atoms with Gasteiger partial charge in [-0.25, -0.2) is 8.78 Å². The molecule has 3 aromatic carbocycles. The number of carbonyl (C=O) groups excluding carboxylic acids is 2. The molecule has 0 unspecified atom stereocenters. The molecule has 0 saturated heterocycles. The second-order valence-corrected chi connectivity index (χ2v) is 10.6. The zero-order valence-electron chi connectivity index (χ0n) is 21.5. The molecule has 0 bridgehead atoms. The maximum absolute atomic E-state index is 15.7. The lowest BCUT2D eigenvalue weighted by molar-refractivity contribution is -0.348. The monoisotopic (exact) mass is 755 g/mol. The minimum Gasteiger partial charge on any atom is -0.481 e. The van der Waals surface area contributed by atoms with E-state index in [1.807, 2.05) is 6.07 Å². The van der Waals surface area contributed by atoms with Gasteiger partial charge in [0.15, 0.2) is 5.82 Å². The van der Waals surface area contributed by atoms with Gasteiger partial charge in [-0.2, -0.15) is 31.6 Å². The highest BCUT2D eigenvalue weighted by Crippen LogP contribution is 2.54. The Morgan fingerprint density at radius 1 is 0.909 bits per heavy atom. The van der Waals surface area contributed by atoms with Crippen molar-refractivity contribution in [2.24, 2.45) is 0 Å². The number of carbonyl (C=O) groups is 3. The van der Waals surface area contributed by atoms with Crippen LogP contribution >= 0.6 is 31.9 Å². The molecule has 44 heavy (non-hydrogen) atoms. The number of alkyl halides is 7. The summed E-state index contributed by atoms with van der Waals surface area (Å²) in [5.41, 5.74) is -9.29. The Balaban J connectivity index is 2.02. The van der Waals surface area contributed by atoms with Crippen LogP contribution in [0.5, 0.6) is 0 Å². The molecule has 0 radical (unpaired) electrons. The van der Waals surface area contributed by atoms with E-state index in [1.165, 1.54) is 24.3 Å². The van der Waals surface area contributed by atoms with Crippen LogP contribution in [-0.4, -0.2) is 41.8 Å². The maximum Gasteiger partial charge on any atom is 0.435 e. The average Bonchev–Trinajstić information content (AvgIpc) is 2.93. The molecule has 0 aliphatic rings. The standard InChI is InChI=1S/C27H15Br2F8N3O4/c28-17-10-15(25(31,26(32,33)34)27(35,36)37)11-18(29)22(17)39-23(43)16-2-1-3-19(21(16)30)40(9-8-20(41)42)24(44)14-6-4-13(12-38)5-7-14/h1-7,10-11H,8-9H2,(H,39,43)(H,41,42). The van der Waals surface area contributed by atoms with Crippen LogP contribution in [-0.2, 0) is 10.5 Å². The van der Waals surface area contributed by atoms with E-state index in [1.54, 1.807) is 0 Å². The van der Waals surface area contributed by atoms with Crippen LogP contribution in [0.25, 0.3) is 0 Å². The second kappa shape index (κ2) is 12.9. The molecule has 2 N–H and O–H groups in total. The van der Waals surface area contributed by atoms with Crippen molar-refractivity contribution in [3.63, 3.8) is 0 Å². The lowest BCUT2D eigenvalue weighted by atomic mass is 9.94. The molecular weight excluding hydrogens is 742 g/mol. The number of nitrogens with zero attached hydrogens (tertiary/aromatic N) is 2. The van der Waals surface area contributed by atoms with Gasteiger partial charge in [0.25, 0.3) is 11.8 Å². The van der Waals surface area contributed by atoms with E-state index >= 15 is 4.39 Å². The number of hydrogen-bond acceptors (Lipinski definition) is 4. The average molecular weight is 757 g/mol. The Labute approximate surface area is 259 Å². The number of halogens is 10. The molecule has 2 amide bonds. The molecule has 0 spiro atoms. The molecule has 232 valence electrons. The molecule has 7 nitrogen and oxygen atoms in total. The Hall–Kier alpha value is -4.04. The fraction of sp³-hybridized carbons (Fsp3) is 0.185. The van der Waals surface area contributed by atoms with Crippen LogP contribution in [0.3, 0.4) is 0 Å². The summed E-state index contributed by atoms with van der Waals surface area (Å²) in [6, 6.07) is 10.3. The first kappa shape index (κ1) is 34.5.